The summed E-state index contributed by atoms with van der Waals surface area (Å²) >= 11 is 0. The highest BCUT2D eigenvalue weighted by Gasteiger charge is 2.17. The molecule has 0 aliphatic carbocycles. The first kappa shape index (κ1) is 22.9. The molecule has 2 rings (SSSR count). The van der Waals surface area contributed by atoms with Crippen LogP contribution in [0.1, 0.15) is 18.1 Å². The number of hydrogen-bond acceptors (Lipinski definition) is 3. The summed E-state index contributed by atoms with van der Waals surface area (Å²) in [6.07, 6.45) is 2.11. The molecule has 1 unspecified atom stereocenters. The second-order valence-electron chi connectivity index (χ2n) is 6.71. The molecule has 0 radical (unpaired) electrons. The molecular weight excluding hydrogens is 383 g/mol. The van der Waals surface area contributed by atoms with Gasteiger partial charge in [-0.1, -0.05) is 43.0 Å². The summed E-state index contributed by atoms with van der Waals surface area (Å²) in [5.74, 6) is 0.129. The van der Waals surface area contributed by atoms with Crippen LogP contribution in [0.3, 0.4) is 0 Å². The van der Waals surface area contributed by atoms with Crippen LogP contribution in [-0.2, 0) is 17.8 Å². The van der Waals surface area contributed by atoms with Crippen LogP contribution in [0.4, 0.5) is 4.39 Å². The number of halogens is 1. The number of nitrogens with one attached hydrogen (secondary N) is 2. The van der Waals surface area contributed by atoms with E-state index in [9.17, 15) is 9.18 Å². The number of para-hydroxylation sites is 1. The van der Waals surface area contributed by atoms with Crippen LogP contribution < -0.4 is 21.1 Å². The number of amides is 1. The van der Waals surface area contributed by atoms with Gasteiger partial charge in [0, 0.05) is 18.7 Å². The minimum atomic E-state index is -0.456. The lowest BCUT2D eigenvalue weighted by molar-refractivity contribution is -0.121. The van der Waals surface area contributed by atoms with Gasteiger partial charge in [0.15, 0.2) is 5.96 Å². The van der Waals surface area contributed by atoms with E-state index in [0.29, 0.717) is 38.6 Å². The molecule has 0 spiro atoms. The topological polar surface area (TPSA) is 88.7 Å². The maximum absolute atomic E-state index is 13.1. The Morgan fingerprint density at radius 1 is 1.23 bits per heavy atom. The van der Waals surface area contributed by atoms with Gasteiger partial charge in [-0.15, -0.1) is 0 Å². The van der Waals surface area contributed by atoms with Crippen LogP contribution in [0.15, 0.2) is 66.2 Å². The van der Waals surface area contributed by atoms with Gasteiger partial charge in [-0.2, -0.15) is 0 Å². The average Bonchev–Trinajstić information content (AvgIpc) is 2.75. The summed E-state index contributed by atoms with van der Waals surface area (Å²) in [6.45, 7) is 7.43. The van der Waals surface area contributed by atoms with E-state index in [1.165, 1.54) is 12.1 Å². The number of primary amides is 1. The Morgan fingerprint density at radius 3 is 2.63 bits per heavy atom. The summed E-state index contributed by atoms with van der Waals surface area (Å²) in [7, 11) is 0. The number of aliphatic imine (C=N–C) groups is 1. The van der Waals surface area contributed by atoms with Gasteiger partial charge in [0.25, 0.3) is 0 Å². The highest BCUT2D eigenvalue weighted by molar-refractivity contribution is 5.82. The standard InChI is InChI=1S/C23H29FN4O2/c1-3-13-30-21-8-6-5-7-18(21)15-27-23(26-4-2)28-16-19(22(25)29)14-17-9-11-20(24)12-10-17/h3,5-12,19H,1,4,13-16H2,2H3,(H2,25,29)(H2,26,27,28). The van der Waals surface area contributed by atoms with Crippen molar-refractivity contribution >= 4 is 11.9 Å². The molecule has 0 saturated heterocycles. The average molecular weight is 413 g/mol. The third-order valence-electron chi connectivity index (χ3n) is 4.39. The Labute approximate surface area is 177 Å². The molecule has 0 aromatic heterocycles. The number of guanidine groups is 1. The zero-order valence-electron chi connectivity index (χ0n) is 17.2. The van der Waals surface area contributed by atoms with Crippen molar-refractivity contribution in [3.63, 3.8) is 0 Å². The molecule has 0 bridgehead atoms. The van der Waals surface area contributed by atoms with E-state index in [0.717, 1.165) is 16.9 Å². The zero-order chi connectivity index (χ0) is 21.8. The second kappa shape index (κ2) is 12.3. The van der Waals surface area contributed by atoms with Gasteiger partial charge in [0.2, 0.25) is 5.91 Å². The van der Waals surface area contributed by atoms with Gasteiger partial charge in [0.05, 0.1) is 12.5 Å². The number of nitrogens with two attached hydrogens (primary N) is 1. The van der Waals surface area contributed by atoms with Crippen LogP contribution in [0.25, 0.3) is 0 Å². The van der Waals surface area contributed by atoms with Gasteiger partial charge < -0.3 is 21.1 Å². The molecule has 6 nitrogen and oxygen atoms in total. The quantitative estimate of drug-likeness (QED) is 0.301. The molecule has 30 heavy (non-hydrogen) atoms. The fraction of sp³-hybridized carbons (Fsp3) is 0.304. The van der Waals surface area contributed by atoms with E-state index < -0.39 is 11.8 Å². The highest BCUT2D eigenvalue weighted by atomic mass is 19.1. The van der Waals surface area contributed by atoms with Crippen LogP contribution in [0.2, 0.25) is 0 Å². The summed E-state index contributed by atoms with van der Waals surface area (Å²) in [4.78, 5) is 16.5. The lowest BCUT2D eigenvalue weighted by Crippen LogP contribution is -2.43. The lowest BCUT2D eigenvalue weighted by Gasteiger charge is -2.17. The molecule has 160 valence electrons. The Hall–Kier alpha value is -3.35. The smallest absolute Gasteiger partial charge is 0.222 e. The Morgan fingerprint density at radius 2 is 1.97 bits per heavy atom. The number of carbonyl (C=O) groups is 1. The van der Waals surface area contributed by atoms with Crippen molar-refractivity contribution in [2.24, 2.45) is 16.6 Å². The first-order chi connectivity index (χ1) is 14.5. The van der Waals surface area contributed by atoms with Crippen molar-refractivity contribution < 1.29 is 13.9 Å². The summed E-state index contributed by atoms with van der Waals surface area (Å²) in [6, 6.07) is 13.7. The number of benzene rings is 2. The third-order valence-corrected chi connectivity index (χ3v) is 4.39. The van der Waals surface area contributed by atoms with Crippen LogP contribution in [0, 0.1) is 11.7 Å². The van der Waals surface area contributed by atoms with E-state index in [2.05, 4.69) is 22.2 Å². The summed E-state index contributed by atoms with van der Waals surface area (Å²) in [5.41, 5.74) is 7.35. The maximum Gasteiger partial charge on any atom is 0.222 e. The van der Waals surface area contributed by atoms with Crippen molar-refractivity contribution in [3.8, 4) is 5.75 Å². The number of ether oxygens (including phenoxy) is 1. The number of carbonyl (C=O) groups excluding carboxylic acids is 1. The summed E-state index contributed by atoms with van der Waals surface area (Å²) in [5, 5.41) is 6.33. The van der Waals surface area contributed by atoms with Crippen molar-refractivity contribution in [1.29, 1.82) is 0 Å². The SMILES string of the molecule is C=CCOc1ccccc1CN=C(NCC)NCC(Cc1ccc(F)cc1)C(N)=O. The molecule has 2 aromatic rings. The van der Waals surface area contributed by atoms with Crippen LogP contribution in [-0.4, -0.2) is 31.6 Å². The molecule has 0 aliphatic rings. The Kier molecular flexibility index (Phi) is 9.37. The van der Waals surface area contributed by atoms with E-state index in [4.69, 9.17) is 10.5 Å². The number of rotatable bonds is 11. The molecule has 0 heterocycles. The Bertz CT molecular complexity index is 853. The number of nitrogens with zero attached hydrogens (tertiary/aromatic N) is 1. The third kappa shape index (κ3) is 7.58. The fourth-order valence-electron chi connectivity index (χ4n) is 2.83. The minimum absolute atomic E-state index is 0.313. The van der Waals surface area contributed by atoms with Crippen molar-refractivity contribution in [2.75, 3.05) is 19.7 Å². The predicted molar refractivity (Wildman–Crippen MR) is 118 cm³/mol. The molecule has 0 aliphatic heterocycles. The first-order valence-electron chi connectivity index (χ1n) is 9.91. The zero-order valence-corrected chi connectivity index (χ0v) is 17.2. The van der Waals surface area contributed by atoms with E-state index >= 15 is 0 Å². The van der Waals surface area contributed by atoms with Crippen molar-refractivity contribution in [1.82, 2.24) is 10.6 Å². The monoisotopic (exact) mass is 412 g/mol. The largest absolute Gasteiger partial charge is 0.489 e. The predicted octanol–water partition coefficient (Wildman–Crippen LogP) is 2.79. The van der Waals surface area contributed by atoms with Crippen molar-refractivity contribution in [3.05, 3.63) is 78.1 Å². The molecule has 1 atom stereocenters. The Balaban J connectivity index is 2.03. The van der Waals surface area contributed by atoms with E-state index in [1.54, 1.807) is 18.2 Å². The molecule has 4 N–H and O–H groups in total. The van der Waals surface area contributed by atoms with Crippen LogP contribution in [0.5, 0.6) is 5.75 Å². The maximum atomic E-state index is 13.1. The minimum Gasteiger partial charge on any atom is -0.489 e. The van der Waals surface area contributed by atoms with Gasteiger partial charge in [-0.3, -0.25) is 4.79 Å². The van der Waals surface area contributed by atoms with Gasteiger partial charge in [-0.25, -0.2) is 9.38 Å². The van der Waals surface area contributed by atoms with Gasteiger partial charge in [-0.05, 0) is 37.1 Å². The molecule has 1 amide bonds. The number of hydrogen-bond donors (Lipinski definition) is 3. The second-order valence-corrected chi connectivity index (χ2v) is 6.71. The summed E-state index contributed by atoms with van der Waals surface area (Å²) < 4.78 is 18.8. The lowest BCUT2D eigenvalue weighted by atomic mass is 9.98. The van der Waals surface area contributed by atoms with Gasteiger partial charge in [0.1, 0.15) is 18.2 Å². The fourth-order valence-corrected chi connectivity index (χ4v) is 2.83. The first-order valence-corrected chi connectivity index (χ1v) is 9.91. The van der Waals surface area contributed by atoms with E-state index in [-0.39, 0.29) is 5.82 Å². The molecule has 0 fully saturated rings. The molecule has 7 heteroatoms. The molecule has 0 saturated carbocycles. The molecular formula is C23H29FN4O2. The van der Waals surface area contributed by atoms with Gasteiger partial charge >= 0.3 is 0 Å². The van der Waals surface area contributed by atoms with Crippen molar-refractivity contribution in [2.45, 2.75) is 19.9 Å². The highest BCUT2D eigenvalue weighted by Crippen LogP contribution is 2.18. The normalized spacial score (nSPS) is 12.1. The van der Waals surface area contributed by atoms with Crippen LogP contribution >= 0.6 is 0 Å². The molecule has 2 aromatic carbocycles. The van der Waals surface area contributed by atoms with E-state index in [1.807, 2.05) is 31.2 Å².